The molecule has 0 amide bonds. The number of rotatable bonds is 3. The van der Waals surface area contributed by atoms with Crippen LogP contribution in [-0.2, 0) is 6.54 Å². The van der Waals surface area contributed by atoms with E-state index in [0.717, 1.165) is 49.5 Å². The lowest BCUT2D eigenvalue weighted by molar-refractivity contribution is 0.204. The third-order valence-electron chi connectivity index (χ3n) is 3.75. The van der Waals surface area contributed by atoms with E-state index in [1.807, 2.05) is 0 Å². The van der Waals surface area contributed by atoms with Gasteiger partial charge in [-0.2, -0.15) is 0 Å². The van der Waals surface area contributed by atoms with E-state index >= 15 is 0 Å². The summed E-state index contributed by atoms with van der Waals surface area (Å²) in [6, 6.07) is 6.61. The highest BCUT2D eigenvalue weighted by Crippen LogP contribution is 2.25. The molecule has 6 heteroatoms. The van der Waals surface area contributed by atoms with E-state index in [1.165, 1.54) is 18.5 Å². The van der Waals surface area contributed by atoms with Crippen molar-refractivity contribution >= 4 is 12.4 Å². The molecule has 0 saturated carbocycles. The second kappa shape index (κ2) is 7.02. The third kappa shape index (κ3) is 3.81. The van der Waals surface area contributed by atoms with Crippen LogP contribution in [-0.4, -0.2) is 29.0 Å². The van der Waals surface area contributed by atoms with Gasteiger partial charge in [0.05, 0.1) is 0 Å². The Morgan fingerprint density at radius 2 is 1.90 bits per heavy atom. The molecule has 1 fully saturated rings. The van der Waals surface area contributed by atoms with E-state index in [-0.39, 0.29) is 18.2 Å². The Kier molecular flexibility index (Phi) is 5.33. The van der Waals surface area contributed by atoms with Crippen LogP contribution in [0.3, 0.4) is 0 Å². The lowest BCUT2D eigenvalue weighted by Crippen LogP contribution is -2.39. The quantitative estimate of drug-likeness (QED) is 0.947. The largest absolute Gasteiger partial charge is 0.443 e. The summed E-state index contributed by atoms with van der Waals surface area (Å²) in [5.74, 6) is 0.472. The number of benzene rings is 1. The molecule has 1 saturated heterocycles. The van der Waals surface area contributed by atoms with Crippen molar-refractivity contribution in [3.05, 3.63) is 42.2 Å². The standard InChI is InChI=1S/C15H18FN3O.ClH/c16-12-3-1-11(2-4-12)15-14(18-10-20-15)9-19-7-5-13(17)6-8-19;/h1-4,10,13H,5-9,17H2;1H. The Bertz CT molecular complexity index is 565. The first-order valence-electron chi connectivity index (χ1n) is 6.88. The van der Waals surface area contributed by atoms with Crippen molar-refractivity contribution in [2.24, 2.45) is 5.73 Å². The van der Waals surface area contributed by atoms with Crippen LogP contribution in [0.25, 0.3) is 11.3 Å². The summed E-state index contributed by atoms with van der Waals surface area (Å²) in [5.41, 5.74) is 7.66. The molecule has 1 aliphatic rings. The molecule has 114 valence electrons. The minimum atomic E-state index is -0.250. The topological polar surface area (TPSA) is 55.3 Å². The first-order valence-corrected chi connectivity index (χ1v) is 6.88. The predicted octanol–water partition coefficient (Wildman–Crippen LogP) is 2.83. The Morgan fingerprint density at radius 3 is 2.57 bits per heavy atom. The maximum atomic E-state index is 13.0. The van der Waals surface area contributed by atoms with Gasteiger partial charge in [0.2, 0.25) is 0 Å². The number of likely N-dealkylation sites (tertiary alicyclic amines) is 1. The Morgan fingerprint density at radius 1 is 1.24 bits per heavy atom. The van der Waals surface area contributed by atoms with Gasteiger partial charge in [-0.1, -0.05) is 0 Å². The number of nitrogens with two attached hydrogens (primary N) is 1. The van der Waals surface area contributed by atoms with Crippen molar-refractivity contribution in [3.63, 3.8) is 0 Å². The molecule has 0 aliphatic carbocycles. The van der Waals surface area contributed by atoms with Crippen LogP contribution in [0, 0.1) is 5.82 Å². The lowest BCUT2D eigenvalue weighted by Gasteiger charge is -2.29. The number of hydrogen-bond acceptors (Lipinski definition) is 4. The number of halogens is 2. The van der Waals surface area contributed by atoms with E-state index in [9.17, 15) is 4.39 Å². The molecule has 4 nitrogen and oxygen atoms in total. The molecule has 1 aromatic heterocycles. The molecular formula is C15H19ClFN3O. The van der Waals surface area contributed by atoms with Crippen LogP contribution < -0.4 is 5.73 Å². The van der Waals surface area contributed by atoms with Crippen LogP contribution in [0.1, 0.15) is 18.5 Å². The summed E-state index contributed by atoms with van der Waals surface area (Å²) in [6.45, 7) is 2.71. The van der Waals surface area contributed by atoms with E-state index in [1.54, 1.807) is 12.1 Å². The van der Waals surface area contributed by atoms with Gasteiger partial charge >= 0.3 is 0 Å². The molecule has 2 aromatic rings. The summed E-state index contributed by atoms with van der Waals surface area (Å²) in [7, 11) is 0. The number of aromatic nitrogens is 1. The zero-order valence-corrected chi connectivity index (χ0v) is 12.5. The van der Waals surface area contributed by atoms with Gasteiger partial charge in [0.1, 0.15) is 11.5 Å². The first-order chi connectivity index (χ1) is 9.72. The minimum absolute atomic E-state index is 0. The summed E-state index contributed by atoms with van der Waals surface area (Å²) in [4.78, 5) is 6.62. The van der Waals surface area contributed by atoms with Gasteiger partial charge in [-0.25, -0.2) is 9.37 Å². The maximum absolute atomic E-state index is 13.0. The van der Waals surface area contributed by atoms with E-state index in [2.05, 4.69) is 9.88 Å². The number of nitrogens with zero attached hydrogens (tertiary/aromatic N) is 2. The van der Waals surface area contributed by atoms with Gasteiger partial charge in [0.25, 0.3) is 0 Å². The summed E-state index contributed by atoms with van der Waals surface area (Å²) in [6.07, 6.45) is 3.48. The minimum Gasteiger partial charge on any atom is -0.443 e. The maximum Gasteiger partial charge on any atom is 0.181 e. The highest BCUT2D eigenvalue weighted by Gasteiger charge is 2.19. The number of piperidine rings is 1. The second-order valence-electron chi connectivity index (χ2n) is 5.25. The molecule has 1 aromatic carbocycles. The molecule has 2 N–H and O–H groups in total. The SMILES string of the molecule is Cl.NC1CCN(Cc2ncoc2-c2ccc(F)cc2)CC1. The zero-order chi connectivity index (χ0) is 13.9. The average molecular weight is 312 g/mol. The van der Waals surface area contributed by atoms with E-state index in [4.69, 9.17) is 10.2 Å². The number of hydrogen-bond donors (Lipinski definition) is 1. The summed E-state index contributed by atoms with van der Waals surface area (Å²) in [5, 5.41) is 0. The van der Waals surface area contributed by atoms with Crippen LogP contribution >= 0.6 is 12.4 Å². The van der Waals surface area contributed by atoms with Crippen LogP contribution in [0.15, 0.2) is 35.1 Å². The highest BCUT2D eigenvalue weighted by atomic mass is 35.5. The molecular weight excluding hydrogens is 293 g/mol. The van der Waals surface area contributed by atoms with Gasteiger partial charge in [-0.15, -0.1) is 12.4 Å². The zero-order valence-electron chi connectivity index (χ0n) is 11.7. The normalized spacial score (nSPS) is 16.7. The molecule has 21 heavy (non-hydrogen) atoms. The molecule has 3 rings (SSSR count). The fourth-order valence-electron chi connectivity index (χ4n) is 2.54. The predicted molar refractivity (Wildman–Crippen MR) is 81.6 cm³/mol. The second-order valence-corrected chi connectivity index (χ2v) is 5.25. The van der Waals surface area contributed by atoms with Crippen molar-refractivity contribution in [2.75, 3.05) is 13.1 Å². The molecule has 1 aliphatic heterocycles. The third-order valence-corrected chi connectivity index (χ3v) is 3.75. The van der Waals surface area contributed by atoms with E-state index < -0.39 is 0 Å². The summed E-state index contributed by atoms with van der Waals surface area (Å²) >= 11 is 0. The van der Waals surface area contributed by atoms with Crippen molar-refractivity contribution in [2.45, 2.75) is 25.4 Å². The lowest BCUT2D eigenvalue weighted by atomic mass is 10.1. The van der Waals surface area contributed by atoms with Crippen LogP contribution in [0.2, 0.25) is 0 Å². The number of oxazole rings is 1. The van der Waals surface area contributed by atoms with Gasteiger partial charge in [0, 0.05) is 31.2 Å². The fourth-order valence-corrected chi connectivity index (χ4v) is 2.54. The molecule has 0 unspecified atom stereocenters. The van der Waals surface area contributed by atoms with Crippen molar-refractivity contribution < 1.29 is 8.81 Å². The van der Waals surface area contributed by atoms with Gasteiger partial charge in [-0.05, 0) is 37.1 Å². The molecule has 2 heterocycles. The average Bonchev–Trinajstić information content (AvgIpc) is 2.90. The Labute approximate surface area is 129 Å². The molecule has 0 radical (unpaired) electrons. The molecule has 0 atom stereocenters. The van der Waals surface area contributed by atoms with Crippen molar-refractivity contribution in [1.29, 1.82) is 0 Å². The van der Waals surface area contributed by atoms with Gasteiger partial charge in [-0.3, -0.25) is 4.90 Å². The van der Waals surface area contributed by atoms with Gasteiger partial charge < -0.3 is 10.2 Å². The van der Waals surface area contributed by atoms with Crippen LogP contribution in [0.5, 0.6) is 0 Å². The van der Waals surface area contributed by atoms with Crippen molar-refractivity contribution in [1.82, 2.24) is 9.88 Å². The smallest absolute Gasteiger partial charge is 0.181 e. The monoisotopic (exact) mass is 311 g/mol. The van der Waals surface area contributed by atoms with Crippen LogP contribution in [0.4, 0.5) is 4.39 Å². The molecule has 0 bridgehead atoms. The fraction of sp³-hybridized carbons (Fsp3) is 0.400. The Balaban J connectivity index is 0.00000161. The van der Waals surface area contributed by atoms with Crippen molar-refractivity contribution in [3.8, 4) is 11.3 Å². The highest BCUT2D eigenvalue weighted by molar-refractivity contribution is 5.85. The first kappa shape index (κ1) is 15.9. The molecule has 0 spiro atoms. The van der Waals surface area contributed by atoms with Gasteiger partial charge in [0.15, 0.2) is 12.2 Å². The Hall–Kier alpha value is -1.43. The van der Waals surface area contributed by atoms with E-state index in [0.29, 0.717) is 6.04 Å². The summed E-state index contributed by atoms with van der Waals surface area (Å²) < 4.78 is 18.4.